The van der Waals surface area contributed by atoms with Crippen LogP contribution in [-0.2, 0) is 27.6 Å². The first-order valence-corrected chi connectivity index (χ1v) is 18.8. The number of nitrogens with zero attached hydrogens (tertiary/aromatic N) is 2. The molecule has 3 aromatic rings. The third-order valence-electron chi connectivity index (χ3n) is 10.8. The number of halogens is 1. The maximum atomic E-state index is 13.3. The molecule has 2 aromatic carbocycles. The molecule has 8 nitrogen and oxygen atoms in total. The summed E-state index contributed by atoms with van der Waals surface area (Å²) in [6.45, 7) is 9.97. The number of hydrogen-bond acceptors (Lipinski definition) is 7. The number of hydrogen-bond donors (Lipinski definition) is 1. The Bertz CT molecular complexity index is 1660. The van der Waals surface area contributed by atoms with Crippen LogP contribution in [0.3, 0.4) is 0 Å². The molecule has 0 saturated heterocycles. The van der Waals surface area contributed by atoms with E-state index in [9.17, 15) is 9.00 Å². The highest BCUT2D eigenvalue weighted by molar-refractivity contribution is 7.84. The maximum Gasteiger partial charge on any atom is 0.263 e. The van der Waals surface area contributed by atoms with Gasteiger partial charge >= 0.3 is 0 Å². The third-order valence-corrected chi connectivity index (χ3v) is 12.6. The zero-order valence-corrected chi connectivity index (χ0v) is 30.2. The highest BCUT2D eigenvalue weighted by atomic mass is 35.5. The lowest BCUT2D eigenvalue weighted by atomic mass is 9.68. The summed E-state index contributed by atoms with van der Waals surface area (Å²) in [6, 6.07) is 12.0. The molecule has 1 aromatic heterocycles. The minimum Gasteiger partial charge on any atom is -0.490 e. The van der Waals surface area contributed by atoms with Crippen LogP contribution in [0.2, 0.25) is 5.02 Å². The van der Waals surface area contributed by atoms with Crippen molar-refractivity contribution in [2.75, 3.05) is 31.7 Å². The van der Waals surface area contributed by atoms with Gasteiger partial charge in [0.25, 0.3) is 5.91 Å². The van der Waals surface area contributed by atoms with Gasteiger partial charge in [0.2, 0.25) is 0 Å². The van der Waals surface area contributed by atoms with Crippen molar-refractivity contribution in [3.8, 4) is 5.75 Å². The first-order valence-electron chi connectivity index (χ1n) is 17.2. The average Bonchev–Trinajstić information content (AvgIpc) is 3.37. The number of rotatable bonds is 1. The fraction of sp³-hybridized carbons (Fsp3) is 0.526. The van der Waals surface area contributed by atoms with E-state index in [2.05, 4.69) is 45.8 Å². The molecule has 7 atom stereocenters. The quantitative estimate of drug-likeness (QED) is 0.264. The van der Waals surface area contributed by atoms with Crippen molar-refractivity contribution in [2.45, 2.75) is 83.0 Å². The molecule has 1 spiro atoms. The summed E-state index contributed by atoms with van der Waals surface area (Å²) < 4.78 is 33.5. The molecule has 48 heavy (non-hydrogen) atoms. The summed E-state index contributed by atoms with van der Waals surface area (Å²) in [5.74, 6) is 3.13. The van der Waals surface area contributed by atoms with Crippen molar-refractivity contribution in [3.05, 3.63) is 88.1 Å². The molecule has 1 N–H and O–H groups in total. The van der Waals surface area contributed by atoms with Crippen molar-refractivity contribution in [1.82, 2.24) is 9.71 Å². The molecule has 2 bridgehead atoms. The molecule has 3 heterocycles. The zero-order valence-electron chi connectivity index (χ0n) is 28.7. The van der Waals surface area contributed by atoms with Crippen LogP contribution in [-0.4, -0.2) is 53.3 Å². The first-order chi connectivity index (χ1) is 23.1. The van der Waals surface area contributed by atoms with Crippen LogP contribution in [0.15, 0.2) is 59.2 Å². The highest BCUT2D eigenvalue weighted by Crippen LogP contribution is 2.47. The number of benzene rings is 2. The third kappa shape index (κ3) is 7.38. The Morgan fingerprint density at radius 2 is 1.98 bits per heavy atom. The Hall–Kier alpha value is -3.14. The second kappa shape index (κ2) is 14.8. The summed E-state index contributed by atoms with van der Waals surface area (Å²) in [4.78, 5) is 19.6. The molecule has 7 rings (SSSR count). The lowest BCUT2D eigenvalue weighted by molar-refractivity contribution is 0.0131. The van der Waals surface area contributed by atoms with E-state index in [4.69, 9.17) is 25.5 Å². The van der Waals surface area contributed by atoms with Crippen LogP contribution in [0, 0.1) is 31.6 Å². The van der Waals surface area contributed by atoms with Crippen LogP contribution >= 0.6 is 11.6 Å². The predicted molar refractivity (Wildman–Crippen MR) is 191 cm³/mol. The minimum absolute atomic E-state index is 0.0508. The first kappa shape index (κ1) is 34.7. The van der Waals surface area contributed by atoms with Crippen LogP contribution < -0.4 is 14.4 Å². The summed E-state index contributed by atoms with van der Waals surface area (Å²) in [7, 11) is 0.305. The van der Waals surface area contributed by atoms with E-state index >= 15 is 0 Å². The van der Waals surface area contributed by atoms with Gasteiger partial charge in [-0.2, -0.15) is 0 Å². The second-order valence-corrected chi connectivity index (χ2v) is 16.0. The van der Waals surface area contributed by atoms with Gasteiger partial charge < -0.3 is 18.8 Å². The van der Waals surface area contributed by atoms with E-state index in [1.54, 1.807) is 19.4 Å². The van der Waals surface area contributed by atoms with Gasteiger partial charge in [0.1, 0.15) is 22.5 Å². The lowest BCUT2D eigenvalue weighted by Gasteiger charge is -2.46. The number of oxazole rings is 1. The van der Waals surface area contributed by atoms with E-state index < -0.39 is 11.0 Å². The van der Waals surface area contributed by atoms with Gasteiger partial charge in [-0.15, -0.1) is 0 Å². The van der Waals surface area contributed by atoms with Gasteiger partial charge in [-0.25, -0.2) is 9.19 Å². The minimum atomic E-state index is -1.50. The summed E-state index contributed by atoms with van der Waals surface area (Å²) in [6.07, 6.45) is 12.3. The van der Waals surface area contributed by atoms with Gasteiger partial charge in [0.15, 0.2) is 5.89 Å². The number of anilines is 1. The normalized spacial score (nSPS) is 30.7. The predicted octanol–water partition coefficient (Wildman–Crippen LogP) is 7.52. The van der Waals surface area contributed by atoms with E-state index in [0.29, 0.717) is 24.0 Å². The number of carbonyl (C=O) groups excluding carboxylic acids is 1. The van der Waals surface area contributed by atoms with Crippen molar-refractivity contribution < 1.29 is 22.9 Å². The summed E-state index contributed by atoms with van der Waals surface area (Å²) in [5, 5.41) is 0.589. The molecule has 1 fully saturated rings. The van der Waals surface area contributed by atoms with Crippen molar-refractivity contribution in [2.24, 2.45) is 17.8 Å². The molecule has 0 radical (unpaired) electrons. The molecular formula is C38H48ClN3O5S. The second-order valence-electron chi connectivity index (χ2n) is 14.1. The molecular weight excluding hydrogens is 646 g/mol. The van der Waals surface area contributed by atoms with Crippen LogP contribution in [0.25, 0.3) is 0 Å². The lowest BCUT2D eigenvalue weighted by Crippen LogP contribution is -2.49. The van der Waals surface area contributed by atoms with Gasteiger partial charge in [0, 0.05) is 43.1 Å². The Balaban J connectivity index is 0.000000510. The highest BCUT2D eigenvalue weighted by Gasteiger charge is 2.44. The summed E-state index contributed by atoms with van der Waals surface area (Å²) >= 11 is 6.41. The number of amides is 1. The van der Waals surface area contributed by atoms with E-state index in [1.807, 2.05) is 39.0 Å². The number of carbonyl (C=O) groups is 1. The van der Waals surface area contributed by atoms with Crippen molar-refractivity contribution >= 4 is 34.2 Å². The molecule has 1 amide bonds. The fourth-order valence-electron chi connectivity index (χ4n) is 7.73. The van der Waals surface area contributed by atoms with E-state index in [-0.39, 0.29) is 28.6 Å². The van der Waals surface area contributed by atoms with E-state index in [0.717, 1.165) is 79.7 Å². The molecule has 258 valence electrons. The van der Waals surface area contributed by atoms with Crippen molar-refractivity contribution in [1.29, 1.82) is 0 Å². The average molecular weight is 694 g/mol. The molecule has 6 unspecified atom stereocenters. The number of aryl methyl sites for hydroxylation is 3. The monoisotopic (exact) mass is 693 g/mol. The Morgan fingerprint density at radius 3 is 2.67 bits per heavy atom. The zero-order chi connectivity index (χ0) is 34.0. The smallest absolute Gasteiger partial charge is 0.263 e. The number of fused-ring (bicyclic) bond motifs is 4. The fourth-order valence-corrected chi connectivity index (χ4v) is 8.94. The molecule has 4 aliphatic rings. The topological polar surface area (TPSA) is 93.9 Å². The molecule has 2 aliphatic carbocycles. The standard InChI is InChI=1S/C33H41ClN2O4S.C5H7NO/c1-21-6-4-8-30(39-3)27-12-9-25(27)18-36-19-33(15-5-7-23-16-26(34)11-13-28(23)33)20-40-31-14-10-24(17-29(31)36)32(37)35-41(38)22(21)2;1-4-3-6-5(2)7-4/h4,8,10-11,13-14,16-17,21-22,25,27,30H,5-7,9,12,15,18-20H2,1-3H3,(H,35,37);3H,1-2H3/b8-4+;/t21?,22?,25?,27?,30?,33-,41?;/m0./s1. The van der Waals surface area contributed by atoms with Crippen LogP contribution in [0.5, 0.6) is 5.75 Å². The molecule has 1 saturated carbocycles. The van der Waals surface area contributed by atoms with Crippen LogP contribution in [0.4, 0.5) is 5.69 Å². The maximum absolute atomic E-state index is 13.3. The molecule has 10 heteroatoms. The Kier molecular flexibility index (Phi) is 10.7. The van der Waals surface area contributed by atoms with Gasteiger partial charge in [-0.05, 0) is 112 Å². The number of nitrogens with one attached hydrogen (secondary N) is 1. The SMILES string of the molecule is COC1/C=C/CC(C)C(C)S(=O)NC(=O)c2ccc3c(c2)N(CC2CCC21)C[C@@]1(CCCc2cc(Cl)ccc21)CO3.Cc1cnc(C)o1. The Labute approximate surface area is 292 Å². The van der Waals surface area contributed by atoms with E-state index in [1.165, 1.54) is 11.1 Å². The number of ether oxygens (including phenoxy) is 2. The van der Waals surface area contributed by atoms with Gasteiger partial charge in [0.05, 0.1) is 29.8 Å². The summed E-state index contributed by atoms with van der Waals surface area (Å²) in [5.41, 5.74) is 3.90. The van der Waals surface area contributed by atoms with Crippen molar-refractivity contribution in [3.63, 3.8) is 0 Å². The van der Waals surface area contributed by atoms with Crippen LogP contribution in [0.1, 0.15) is 79.1 Å². The number of aromatic nitrogens is 1. The molecule has 2 aliphatic heterocycles. The Morgan fingerprint density at radius 1 is 1.15 bits per heavy atom. The largest absolute Gasteiger partial charge is 0.490 e. The van der Waals surface area contributed by atoms with Gasteiger partial charge in [-0.1, -0.05) is 36.7 Å². The van der Waals surface area contributed by atoms with Gasteiger partial charge in [-0.3, -0.25) is 9.52 Å². The number of allylic oxidation sites excluding steroid dienone is 1. The number of methoxy groups -OCH3 is 1.